The van der Waals surface area contributed by atoms with E-state index in [1.165, 1.54) is 18.4 Å². The number of aromatic nitrogens is 1. The lowest BCUT2D eigenvalue weighted by molar-refractivity contribution is 0.0843. The average molecular weight is 242 g/mol. The highest BCUT2D eigenvalue weighted by molar-refractivity contribution is 9.10. The maximum Gasteiger partial charge on any atom is 0.106 e. The summed E-state index contributed by atoms with van der Waals surface area (Å²) in [6, 6.07) is 4.04. The van der Waals surface area contributed by atoms with Gasteiger partial charge in [0.1, 0.15) is 4.60 Å². The van der Waals surface area contributed by atoms with Crippen LogP contribution in [0, 0.1) is 5.92 Å². The first-order valence-corrected chi connectivity index (χ1v) is 5.25. The summed E-state index contributed by atoms with van der Waals surface area (Å²) in [6.45, 7) is 0. The van der Waals surface area contributed by atoms with Crippen molar-refractivity contribution in [2.75, 3.05) is 7.11 Å². The maximum absolute atomic E-state index is 5.44. The summed E-state index contributed by atoms with van der Waals surface area (Å²) < 4.78 is 6.32. The van der Waals surface area contributed by atoms with Crippen molar-refractivity contribution in [2.24, 2.45) is 5.92 Å². The van der Waals surface area contributed by atoms with Crippen LogP contribution in [0.5, 0.6) is 0 Å². The molecule has 1 fully saturated rings. The number of ether oxygens (including phenoxy) is 1. The minimum atomic E-state index is 0.251. The Morgan fingerprint density at radius 2 is 2.31 bits per heavy atom. The molecular formula is C10H12BrNO. The molecule has 1 saturated carbocycles. The van der Waals surface area contributed by atoms with Gasteiger partial charge in [0, 0.05) is 13.3 Å². The number of rotatable bonds is 3. The van der Waals surface area contributed by atoms with Crippen molar-refractivity contribution in [2.45, 2.75) is 18.9 Å². The predicted octanol–water partition coefficient (Wildman–Crippen LogP) is 2.94. The van der Waals surface area contributed by atoms with Gasteiger partial charge in [0.15, 0.2) is 0 Å². The second kappa shape index (κ2) is 3.76. The number of nitrogens with zero attached hydrogens (tertiary/aromatic N) is 1. The molecule has 2 nitrogen and oxygen atoms in total. The molecule has 0 N–H and O–H groups in total. The summed E-state index contributed by atoms with van der Waals surface area (Å²) in [7, 11) is 1.77. The van der Waals surface area contributed by atoms with Gasteiger partial charge in [0.25, 0.3) is 0 Å². The molecule has 13 heavy (non-hydrogen) atoms. The van der Waals surface area contributed by atoms with E-state index in [4.69, 9.17) is 4.74 Å². The first-order valence-electron chi connectivity index (χ1n) is 4.45. The Balaban J connectivity index is 2.17. The molecule has 1 atom stereocenters. The molecule has 1 aromatic heterocycles. The molecular weight excluding hydrogens is 230 g/mol. The summed E-state index contributed by atoms with van der Waals surface area (Å²) in [5.74, 6) is 0.716. The van der Waals surface area contributed by atoms with Crippen molar-refractivity contribution in [3.8, 4) is 0 Å². The van der Waals surface area contributed by atoms with Gasteiger partial charge in [-0.25, -0.2) is 4.98 Å². The van der Waals surface area contributed by atoms with E-state index in [1.807, 2.05) is 12.3 Å². The van der Waals surface area contributed by atoms with Crippen molar-refractivity contribution in [3.05, 3.63) is 28.5 Å². The third-order valence-electron chi connectivity index (χ3n) is 2.38. The molecule has 0 saturated heterocycles. The number of methoxy groups -OCH3 is 1. The van der Waals surface area contributed by atoms with Crippen LogP contribution in [0.25, 0.3) is 0 Å². The smallest absolute Gasteiger partial charge is 0.106 e. The van der Waals surface area contributed by atoms with Gasteiger partial charge in [-0.05, 0) is 46.3 Å². The van der Waals surface area contributed by atoms with Crippen molar-refractivity contribution >= 4 is 15.9 Å². The SMILES string of the molecule is COC(c1ccc(Br)nc1)C1CC1. The molecule has 70 valence electrons. The standard InChI is InChI=1S/C10H12BrNO/c1-13-10(7-2-3-7)8-4-5-9(11)12-6-8/h4-7,10H,2-3H2,1H3. The zero-order valence-corrected chi connectivity index (χ0v) is 9.12. The molecule has 0 spiro atoms. The number of hydrogen-bond donors (Lipinski definition) is 0. The highest BCUT2D eigenvalue weighted by Gasteiger charge is 2.32. The van der Waals surface area contributed by atoms with E-state index in [0.717, 1.165) is 4.60 Å². The normalized spacial score (nSPS) is 18.6. The van der Waals surface area contributed by atoms with E-state index < -0.39 is 0 Å². The largest absolute Gasteiger partial charge is 0.376 e. The van der Waals surface area contributed by atoms with E-state index in [2.05, 4.69) is 27.0 Å². The fourth-order valence-electron chi connectivity index (χ4n) is 1.56. The quantitative estimate of drug-likeness (QED) is 0.760. The van der Waals surface area contributed by atoms with Gasteiger partial charge < -0.3 is 4.74 Å². The van der Waals surface area contributed by atoms with Crippen molar-refractivity contribution < 1.29 is 4.74 Å². The molecule has 3 heteroatoms. The fraction of sp³-hybridized carbons (Fsp3) is 0.500. The van der Waals surface area contributed by atoms with Crippen LogP contribution in [0.4, 0.5) is 0 Å². The first kappa shape index (κ1) is 9.16. The van der Waals surface area contributed by atoms with E-state index in [0.29, 0.717) is 5.92 Å². The summed E-state index contributed by atoms with van der Waals surface area (Å²) >= 11 is 3.32. The number of pyridine rings is 1. The van der Waals surface area contributed by atoms with Gasteiger partial charge in [0.2, 0.25) is 0 Å². The van der Waals surface area contributed by atoms with Gasteiger partial charge in [-0.1, -0.05) is 6.07 Å². The zero-order chi connectivity index (χ0) is 9.26. The molecule has 0 amide bonds. The molecule has 1 aliphatic rings. The highest BCUT2D eigenvalue weighted by Crippen LogP contribution is 2.42. The summed E-state index contributed by atoms with van der Waals surface area (Å²) in [5, 5.41) is 0. The Bertz CT molecular complexity index is 281. The molecule has 1 aliphatic carbocycles. The third kappa shape index (κ3) is 2.09. The minimum Gasteiger partial charge on any atom is -0.376 e. The van der Waals surface area contributed by atoms with Crippen LogP contribution in [-0.4, -0.2) is 12.1 Å². The zero-order valence-electron chi connectivity index (χ0n) is 7.53. The molecule has 0 bridgehead atoms. The molecule has 0 aromatic carbocycles. The Kier molecular flexibility index (Phi) is 2.65. The van der Waals surface area contributed by atoms with Gasteiger partial charge in [0.05, 0.1) is 6.10 Å². The molecule has 1 unspecified atom stereocenters. The van der Waals surface area contributed by atoms with Gasteiger partial charge in [-0.2, -0.15) is 0 Å². The van der Waals surface area contributed by atoms with Crippen LogP contribution >= 0.6 is 15.9 Å². The van der Waals surface area contributed by atoms with Crippen LogP contribution in [0.3, 0.4) is 0 Å². The first-order chi connectivity index (χ1) is 6.31. The maximum atomic E-state index is 5.44. The van der Waals surface area contributed by atoms with Crippen molar-refractivity contribution in [1.82, 2.24) is 4.98 Å². The van der Waals surface area contributed by atoms with Gasteiger partial charge in [-0.3, -0.25) is 0 Å². The number of halogens is 1. The summed E-state index contributed by atoms with van der Waals surface area (Å²) in [5.41, 5.74) is 1.19. The molecule has 2 rings (SSSR count). The molecule has 0 aliphatic heterocycles. The second-order valence-corrected chi connectivity index (χ2v) is 4.22. The lowest BCUT2D eigenvalue weighted by Gasteiger charge is -2.13. The van der Waals surface area contributed by atoms with Crippen LogP contribution < -0.4 is 0 Å². The van der Waals surface area contributed by atoms with Gasteiger partial charge in [-0.15, -0.1) is 0 Å². The monoisotopic (exact) mass is 241 g/mol. The Morgan fingerprint density at radius 3 is 2.77 bits per heavy atom. The van der Waals surface area contributed by atoms with Crippen LogP contribution in [0.15, 0.2) is 22.9 Å². The van der Waals surface area contributed by atoms with Crippen LogP contribution in [0.2, 0.25) is 0 Å². The van der Waals surface area contributed by atoms with Crippen LogP contribution in [-0.2, 0) is 4.74 Å². The predicted molar refractivity (Wildman–Crippen MR) is 54.4 cm³/mol. The third-order valence-corrected chi connectivity index (χ3v) is 2.85. The Hall–Kier alpha value is -0.410. The Morgan fingerprint density at radius 1 is 1.54 bits per heavy atom. The highest BCUT2D eigenvalue weighted by atomic mass is 79.9. The van der Waals surface area contributed by atoms with E-state index in [1.54, 1.807) is 7.11 Å². The minimum absolute atomic E-state index is 0.251. The summed E-state index contributed by atoms with van der Waals surface area (Å²) in [4.78, 5) is 4.19. The molecule has 1 heterocycles. The van der Waals surface area contributed by atoms with E-state index >= 15 is 0 Å². The molecule has 0 radical (unpaired) electrons. The average Bonchev–Trinajstić information content (AvgIpc) is 2.93. The van der Waals surface area contributed by atoms with Crippen molar-refractivity contribution in [3.63, 3.8) is 0 Å². The lowest BCUT2D eigenvalue weighted by Crippen LogP contribution is -2.03. The molecule has 1 aromatic rings. The van der Waals surface area contributed by atoms with E-state index in [9.17, 15) is 0 Å². The second-order valence-electron chi connectivity index (χ2n) is 3.41. The summed E-state index contributed by atoms with van der Waals surface area (Å²) in [6.07, 6.45) is 4.71. The topological polar surface area (TPSA) is 22.1 Å². The van der Waals surface area contributed by atoms with Crippen molar-refractivity contribution in [1.29, 1.82) is 0 Å². The van der Waals surface area contributed by atoms with Crippen LogP contribution in [0.1, 0.15) is 24.5 Å². The van der Waals surface area contributed by atoms with Gasteiger partial charge >= 0.3 is 0 Å². The Labute approximate surface area is 86.5 Å². The lowest BCUT2D eigenvalue weighted by atomic mass is 10.1. The number of hydrogen-bond acceptors (Lipinski definition) is 2. The fourth-order valence-corrected chi connectivity index (χ4v) is 1.79. The van der Waals surface area contributed by atoms with E-state index in [-0.39, 0.29) is 6.10 Å².